The zero-order chi connectivity index (χ0) is 10.1. The van der Waals surface area contributed by atoms with E-state index in [0.29, 0.717) is 0 Å². The van der Waals surface area contributed by atoms with Crippen LogP contribution in [0.1, 0.15) is 24.7 Å². The fourth-order valence-corrected chi connectivity index (χ4v) is 2.06. The number of rotatable bonds is 1. The van der Waals surface area contributed by atoms with Crippen molar-refractivity contribution in [2.75, 3.05) is 7.05 Å². The largest absolute Gasteiger partial charge is 0.348 e. The Morgan fingerprint density at radius 2 is 2.50 bits per heavy atom. The zero-order valence-corrected chi connectivity index (χ0v) is 8.58. The van der Waals surface area contributed by atoms with Gasteiger partial charge in [-0.15, -0.1) is 0 Å². The molecule has 4 heteroatoms. The van der Waals surface area contributed by atoms with Gasteiger partial charge in [0.1, 0.15) is 5.78 Å². The molecule has 1 aromatic heterocycles. The Morgan fingerprint density at radius 3 is 3.21 bits per heavy atom. The van der Waals surface area contributed by atoms with Crippen molar-refractivity contribution in [1.82, 2.24) is 14.9 Å². The number of nitrogens with one attached hydrogen (secondary N) is 1. The first-order valence-electron chi connectivity index (χ1n) is 4.90. The average molecular weight is 193 g/mol. The van der Waals surface area contributed by atoms with E-state index in [-0.39, 0.29) is 11.8 Å². The van der Waals surface area contributed by atoms with Crippen LogP contribution in [0.4, 0.5) is 0 Å². The highest BCUT2D eigenvalue weighted by Crippen LogP contribution is 2.18. The highest BCUT2D eigenvalue weighted by Gasteiger charge is 2.24. The maximum absolute atomic E-state index is 11.4. The van der Waals surface area contributed by atoms with Crippen LogP contribution in [-0.4, -0.2) is 33.7 Å². The molecule has 0 aromatic carbocycles. The Kier molecular flexibility index (Phi) is 2.37. The molecule has 0 spiro atoms. The Bertz CT molecular complexity index is 345. The minimum Gasteiger partial charge on any atom is -0.348 e. The summed E-state index contributed by atoms with van der Waals surface area (Å²) in [5, 5.41) is 0. The monoisotopic (exact) mass is 193 g/mol. The summed E-state index contributed by atoms with van der Waals surface area (Å²) in [6, 6.07) is 0.0533. The number of hydrogen-bond acceptors (Lipinski definition) is 3. The van der Waals surface area contributed by atoms with Gasteiger partial charge in [0.05, 0.1) is 18.1 Å². The maximum Gasteiger partial charge on any atom is 0.146 e. The molecule has 1 aromatic rings. The van der Waals surface area contributed by atoms with Crippen LogP contribution < -0.4 is 0 Å². The van der Waals surface area contributed by atoms with Crippen molar-refractivity contribution < 1.29 is 4.79 Å². The van der Waals surface area contributed by atoms with E-state index in [9.17, 15) is 4.79 Å². The molecule has 76 valence electrons. The van der Waals surface area contributed by atoms with E-state index in [1.54, 1.807) is 13.3 Å². The minimum atomic E-state index is 0.0533. The van der Waals surface area contributed by atoms with E-state index in [2.05, 4.69) is 14.9 Å². The number of aromatic nitrogens is 2. The van der Waals surface area contributed by atoms with Gasteiger partial charge in [0, 0.05) is 12.2 Å². The third-order valence-corrected chi connectivity index (χ3v) is 2.88. The van der Waals surface area contributed by atoms with Crippen LogP contribution in [0.2, 0.25) is 0 Å². The van der Waals surface area contributed by atoms with Crippen LogP contribution in [0.3, 0.4) is 0 Å². The van der Waals surface area contributed by atoms with E-state index in [1.165, 1.54) is 5.69 Å². The Hall–Kier alpha value is -1.16. The molecule has 0 unspecified atom stereocenters. The summed E-state index contributed by atoms with van der Waals surface area (Å²) in [6.45, 7) is 2.43. The summed E-state index contributed by atoms with van der Waals surface area (Å²) in [5.74, 6) is 0.248. The van der Waals surface area contributed by atoms with Gasteiger partial charge >= 0.3 is 0 Å². The molecule has 1 atom stereocenters. The van der Waals surface area contributed by atoms with Crippen LogP contribution in [0.25, 0.3) is 0 Å². The van der Waals surface area contributed by atoms with Crippen molar-refractivity contribution in [3.63, 3.8) is 0 Å². The number of fused-ring (bicyclic) bond motifs is 1. The number of Topliss-reactive ketones (excluding diaryl/α,β-unsaturated/α-hetero) is 1. The van der Waals surface area contributed by atoms with Gasteiger partial charge in [-0.25, -0.2) is 4.98 Å². The van der Waals surface area contributed by atoms with Crippen molar-refractivity contribution in [2.24, 2.45) is 0 Å². The molecule has 2 heterocycles. The maximum atomic E-state index is 11.4. The zero-order valence-electron chi connectivity index (χ0n) is 8.58. The Labute approximate surface area is 83.3 Å². The molecular weight excluding hydrogens is 178 g/mol. The summed E-state index contributed by atoms with van der Waals surface area (Å²) in [6.07, 6.45) is 3.54. The molecule has 1 aliphatic heterocycles. The summed E-state index contributed by atoms with van der Waals surface area (Å²) < 4.78 is 0. The molecule has 0 saturated carbocycles. The van der Waals surface area contributed by atoms with Crippen LogP contribution in [0.5, 0.6) is 0 Å². The molecule has 0 amide bonds. The first-order valence-corrected chi connectivity index (χ1v) is 4.90. The molecular formula is C10H15N3O. The highest BCUT2D eigenvalue weighted by molar-refractivity contribution is 5.81. The van der Waals surface area contributed by atoms with Gasteiger partial charge < -0.3 is 4.98 Å². The Balaban J connectivity index is 2.21. The van der Waals surface area contributed by atoms with E-state index in [1.807, 2.05) is 7.05 Å². The molecule has 0 radical (unpaired) electrons. The van der Waals surface area contributed by atoms with Crippen LogP contribution >= 0.6 is 0 Å². The third kappa shape index (κ3) is 1.57. The van der Waals surface area contributed by atoms with Crippen molar-refractivity contribution >= 4 is 5.78 Å². The quantitative estimate of drug-likeness (QED) is 0.715. The second-order valence-electron chi connectivity index (χ2n) is 3.91. The second-order valence-corrected chi connectivity index (χ2v) is 3.91. The lowest BCUT2D eigenvalue weighted by Gasteiger charge is -2.22. The Morgan fingerprint density at radius 1 is 1.71 bits per heavy atom. The van der Waals surface area contributed by atoms with Crippen molar-refractivity contribution in [3.05, 3.63) is 17.7 Å². The van der Waals surface area contributed by atoms with Gasteiger partial charge in [-0.2, -0.15) is 0 Å². The number of ketones is 1. The van der Waals surface area contributed by atoms with Crippen LogP contribution in [-0.2, 0) is 17.8 Å². The van der Waals surface area contributed by atoms with Crippen molar-refractivity contribution in [3.8, 4) is 0 Å². The van der Waals surface area contributed by atoms with Gasteiger partial charge in [0.25, 0.3) is 0 Å². The molecule has 2 rings (SSSR count). The van der Waals surface area contributed by atoms with E-state index in [0.717, 1.165) is 25.1 Å². The van der Waals surface area contributed by atoms with Crippen LogP contribution in [0.15, 0.2) is 6.33 Å². The number of H-pyrrole nitrogens is 1. The number of imidazole rings is 1. The summed E-state index contributed by atoms with van der Waals surface area (Å²) in [7, 11) is 1.98. The lowest BCUT2D eigenvalue weighted by Crippen LogP contribution is -2.35. The molecule has 0 saturated heterocycles. The smallest absolute Gasteiger partial charge is 0.146 e. The average Bonchev–Trinajstić information content (AvgIpc) is 2.47. The van der Waals surface area contributed by atoms with Gasteiger partial charge in [-0.05, 0) is 26.8 Å². The number of carbonyl (C=O) groups is 1. The number of aromatic amines is 1. The van der Waals surface area contributed by atoms with Gasteiger partial charge in [0.2, 0.25) is 0 Å². The summed E-state index contributed by atoms with van der Waals surface area (Å²) in [5.41, 5.74) is 2.26. The minimum absolute atomic E-state index is 0.0533. The lowest BCUT2D eigenvalue weighted by atomic mass is 10.1. The number of carbonyl (C=O) groups excluding carboxylic acids is 1. The molecule has 0 aliphatic carbocycles. The molecule has 14 heavy (non-hydrogen) atoms. The molecule has 1 aliphatic rings. The second kappa shape index (κ2) is 3.53. The highest BCUT2D eigenvalue weighted by atomic mass is 16.1. The van der Waals surface area contributed by atoms with E-state index in [4.69, 9.17) is 0 Å². The summed E-state index contributed by atoms with van der Waals surface area (Å²) >= 11 is 0. The van der Waals surface area contributed by atoms with Gasteiger partial charge in [0.15, 0.2) is 0 Å². The van der Waals surface area contributed by atoms with Crippen molar-refractivity contribution in [2.45, 2.75) is 32.4 Å². The van der Waals surface area contributed by atoms with E-state index < -0.39 is 0 Å². The molecule has 0 bridgehead atoms. The number of nitrogens with zero attached hydrogens (tertiary/aromatic N) is 2. The molecule has 0 fully saturated rings. The topological polar surface area (TPSA) is 49.0 Å². The van der Waals surface area contributed by atoms with Crippen LogP contribution in [0, 0.1) is 0 Å². The normalized spacial score (nSPS) is 22.9. The first kappa shape index (κ1) is 9.40. The fourth-order valence-electron chi connectivity index (χ4n) is 2.06. The third-order valence-electron chi connectivity index (χ3n) is 2.88. The summed E-state index contributed by atoms with van der Waals surface area (Å²) in [4.78, 5) is 20.8. The SMILES string of the molecule is CC(=O)[C@@H]1CCc2[nH]cnc2CN1C. The predicted molar refractivity (Wildman–Crippen MR) is 52.8 cm³/mol. The lowest BCUT2D eigenvalue weighted by molar-refractivity contribution is -0.122. The van der Waals surface area contributed by atoms with E-state index >= 15 is 0 Å². The van der Waals surface area contributed by atoms with Gasteiger partial charge in [-0.3, -0.25) is 9.69 Å². The fraction of sp³-hybridized carbons (Fsp3) is 0.600. The molecule has 1 N–H and O–H groups in total. The van der Waals surface area contributed by atoms with Gasteiger partial charge in [-0.1, -0.05) is 0 Å². The first-order chi connectivity index (χ1) is 6.68. The standard InChI is InChI=1S/C10H15N3O/c1-7(14)10-4-3-8-9(5-13(10)2)12-6-11-8/h6,10H,3-5H2,1-2H3,(H,11,12)/t10-/m0/s1. The molecule has 4 nitrogen and oxygen atoms in total. The number of likely N-dealkylation sites (N-methyl/N-ethyl adjacent to an activating group) is 1. The number of aryl methyl sites for hydroxylation is 1. The predicted octanol–water partition coefficient (Wildman–Crippen LogP) is 0.745. The van der Waals surface area contributed by atoms with Crippen molar-refractivity contribution in [1.29, 1.82) is 0 Å². The number of hydrogen-bond donors (Lipinski definition) is 1.